The Balaban J connectivity index is 1.39. The Morgan fingerprint density at radius 2 is 1.87 bits per heavy atom. The number of benzene rings is 2. The van der Waals surface area contributed by atoms with Gasteiger partial charge in [-0.2, -0.15) is 0 Å². The van der Waals surface area contributed by atoms with Crippen LogP contribution in [0.5, 0.6) is 0 Å². The summed E-state index contributed by atoms with van der Waals surface area (Å²) in [5.74, 6) is 1.69. The van der Waals surface area contributed by atoms with Crippen molar-refractivity contribution in [2.75, 3.05) is 10.7 Å². The van der Waals surface area contributed by atoms with E-state index in [-0.39, 0.29) is 11.9 Å². The van der Waals surface area contributed by atoms with Gasteiger partial charge in [0.05, 0.1) is 18.6 Å². The molecule has 0 aliphatic carbocycles. The second-order valence-electron chi connectivity index (χ2n) is 7.59. The van der Waals surface area contributed by atoms with Gasteiger partial charge in [0, 0.05) is 11.7 Å². The average molecular weight is 431 g/mol. The van der Waals surface area contributed by atoms with Crippen molar-refractivity contribution in [3.63, 3.8) is 0 Å². The summed E-state index contributed by atoms with van der Waals surface area (Å²) < 4.78 is 7.57. The number of carbonyl (C=O) groups excluding carboxylic acids is 1. The van der Waals surface area contributed by atoms with Crippen molar-refractivity contribution in [2.24, 2.45) is 0 Å². The number of fused-ring (bicyclic) bond motifs is 1. The number of aromatic nitrogens is 3. The van der Waals surface area contributed by atoms with E-state index in [0.717, 1.165) is 17.7 Å². The van der Waals surface area contributed by atoms with Crippen LogP contribution in [0.1, 0.15) is 18.1 Å². The SMILES string of the molecule is C[C@@H]1Cc2ccccc2N1C(=O)CSc1nnc(-c2ccco2)n1Cc1ccccc1. The Morgan fingerprint density at radius 3 is 2.68 bits per heavy atom. The van der Waals surface area contributed by atoms with E-state index >= 15 is 0 Å². The van der Waals surface area contributed by atoms with Gasteiger partial charge < -0.3 is 9.32 Å². The second kappa shape index (κ2) is 8.43. The summed E-state index contributed by atoms with van der Waals surface area (Å²) in [6.07, 6.45) is 2.51. The Bertz CT molecular complexity index is 1190. The maximum absolute atomic E-state index is 13.1. The van der Waals surface area contributed by atoms with E-state index in [1.807, 2.05) is 58.0 Å². The number of hydrogen-bond donors (Lipinski definition) is 0. The predicted octanol–water partition coefficient (Wildman–Crippen LogP) is 4.66. The van der Waals surface area contributed by atoms with Crippen LogP contribution in [0.4, 0.5) is 5.69 Å². The molecule has 31 heavy (non-hydrogen) atoms. The number of thioether (sulfide) groups is 1. The van der Waals surface area contributed by atoms with Crippen LogP contribution in [0, 0.1) is 0 Å². The van der Waals surface area contributed by atoms with Crippen molar-refractivity contribution in [1.29, 1.82) is 0 Å². The van der Waals surface area contributed by atoms with Crippen molar-refractivity contribution in [3.05, 3.63) is 84.1 Å². The van der Waals surface area contributed by atoms with Gasteiger partial charge in [-0.05, 0) is 42.7 Å². The summed E-state index contributed by atoms with van der Waals surface area (Å²) in [6, 6.07) is 22.1. The average Bonchev–Trinajstić information content (AvgIpc) is 3.51. The van der Waals surface area contributed by atoms with Gasteiger partial charge in [0.2, 0.25) is 11.7 Å². The molecule has 5 rings (SSSR count). The fraction of sp³-hybridized carbons (Fsp3) is 0.208. The van der Waals surface area contributed by atoms with Crippen molar-refractivity contribution < 1.29 is 9.21 Å². The Hall–Kier alpha value is -3.32. The van der Waals surface area contributed by atoms with Crippen LogP contribution in [0.3, 0.4) is 0 Å². The van der Waals surface area contributed by atoms with Crippen LogP contribution in [0.25, 0.3) is 11.6 Å². The lowest BCUT2D eigenvalue weighted by molar-refractivity contribution is -0.116. The summed E-state index contributed by atoms with van der Waals surface area (Å²) in [5, 5.41) is 9.43. The van der Waals surface area contributed by atoms with Crippen molar-refractivity contribution in [1.82, 2.24) is 14.8 Å². The molecule has 1 aliphatic rings. The molecular formula is C24H22N4O2S. The number of hydrogen-bond acceptors (Lipinski definition) is 5. The maximum Gasteiger partial charge on any atom is 0.237 e. The molecule has 156 valence electrons. The standard InChI is InChI=1S/C24H22N4O2S/c1-17-14-19-10-5-6-11-20(19)28(17)22(29)16-31-24-26-25-23(21-12-7-13-30-21)27(24)15-18-8-3-2-4-9-18/h2-13,17H,14-16H2,1H3/t17-/m1/s1. The third kappa shape index (κ3) is 3.88. The van der Waals surface area contributed by atoms with E-state index in [9.17, 15) is 4.79 Å². The summed E-state index contributed by atoms with van der Waals surface area (Å²) in [5.41, 5.74) is 3.37. The zero-order valence-electron chi connectivity index (χ0n) is 17.1. The third-order valence-electron chi connectivity index (χ3n) is 5.44. The quantitative estimate of drug-likeness (QED) is 0.417. The lowest BCUT2D eigenvalue weighted by Crippen LogP contribution is -2.37. The Morgan fingerprint density at radius 1 is 1.06 bits per heavy atom. The Kier molecular flexibility index (Phi) is 5.34. The fourth-order valence-corrected chi connectivity index (χ4v) is 4.83. The minimum absolute atomic E-state index is 0.0799. The first-order valence-corrected chi connectivity index (χ1v) is 11.2. The largest absolute Gasteiger partial charge is 0.461 e. The number of amides is 1. The van der Waals surface area contributed by atoms with Crippen molar-refractivity contribution >= 4 is 23.4 Å². The molecule has 0 unspecified atom stereocenters. The van der Waals surface area contributed by atoms with E-state index in [1.54, 1.807) is 6.26 Å². The molecule has 0 fully saturated rings. The normalized spacial score (nSPS) is 15.3. The lowest BCUT2D eigenvalue weighted by atomic mass is 10.1. The van der Waals surface area contributed by atoms with Gasteiger partial charge >= 0.3 is 0 Å². The van der Waals surface area contributed by atoms with Crippen molar-refractivity contribution in [2.45, 2.75) is 31.1 Å². The molecule has 7 heteroatoms. The smallest absolute Gasteiger partial charge is 0.237 e. The van der Waals surface area contributed by atoms with E-state index < -0.39 is 0 Å². The number of furan rings is 1. The number of para-hydroxylation sites is 1. The molecule has 0 radical (unpaired) electrons. The molecule has 1 atom stereocenters. The van der Waals surface area contributed by atoms with Crippen LogP contribution in [-0.4, -0.2) is 32.5 Å². The van der Waals surface area contributed by atoms with Crippen molar-refractivity contribution in [3.8, 4) is 11.6 Å². The van der Waals surface area contributed by atoms with Gasteiger partial charge in [0.25, 0.3) is 0 Å². The third-order valence-corrected chi connectivity index (χ3v) is 6.39. The van der Waals surface area contributed by atoms with Gasteiger partial charge in [-0.25, -0.2) is 0 Å². The highest BCUT2D eigenvalue weighted by atomic mass is 32.2. The molecule has 3 heterocycles. The van der Waals surface area contributed by atoms with Gasteiger partial charge in [-0.3, -0.25) is 9.36 Å². The van der Waals surface area contributed by atoms with Crippen LogP contribution in [0.15, 0.2) is 82.6 Å². The fourth-order valence-electron chi connectivity index (χ4n) is 4.03. The van der Waals surface area contributed by atoms with E-state index in [0.29, 0.717) is 29.0 Å². The molecule has 0 saturated heterocycles. The molecule has 2 aromatic heterocycles. The molecule has 2 aromatic carbocycles. The van der Waals surface area contributed by atoms with Crippen LogP contribution < -0.4 is 4.90 Å². The monoisotopic (exact) mass is 430 g/mol. The molecule has 0 saturated carbocycles. The zero-order chi connectivity index (χ0) is 21.2. The number of anilines is 1. The number of carbonyl (C=O) groups is 1. The van der Waals surface area contributed by atoms with Gasteiger partial charge in [-0.15, -0.1) is 10.2 Å². The first kappa shape index (κ1) is 19.6. The molecular weight excluding hydrogens is 408 g/mol. The minimum Gasteiger partial charge on any atom is -0.461 e. The summed E-state index contributed by atoms with van der Waals surface area (Å²) in [6.45, 7) is 2.69. The molecule has 1 amide bonds. The van der Waals surface area contributed by atoms with E-state index in [1.165, 1.54) is 17.3 Å². The van der Waals surface area contributed by atoms with Gasteiger partial charge in [0.1, 0.15) is 0 Å². The summed E-state index contributed by atoms with van der Waals surface area (Å²) in [7, 11) is 0. The highest BCUT2D eigenvalue weighted by molar-refractivity contribution is 7.99. The minimum atomic E-state index is 0.0799. The second-order valence-corrected chi connectivity index (χ2v) is 8.53. The highest BCUT2D eigenvalue weighted by Gasteiger charge is 2.30. The van der Waals surface area contributed by atoms with E-state index in [4.69, 9.17) is 4.42 Å². The molecule has 0 bridgehead atoms. The van der Waals surface area contributed by atoms with Crippen LogP contribution in [-0.2, 0) is 17.8 Å². The summed E-state index contributed by atoms with van der Waals surface area (Å²) in [4.78, 5) is 15.0. The molecule has 6 nitrogen and oxygen atoms in total. The van der Waals surface area contributed by atoms with Gasteiger partial charge in [0.15, 0.2) is 10.9 Å². The number of nitrogens with zero attached hydrogens (tertiary/aromatic N) is 4. The first-order chi connectivity index (χ1) is 15.2. The highest BCUT2D eigenvalue weighted by Crippen LogP contribution is 2.33. The summed E-state index contributed by atoms with van der Waals surface area (Å²) >= 11 is 1.41. The van der Waals surface area contributed by atoms with Crippen LogP contribution in [0.2, 0.25) is 0 Å². The topological polar surface area (TPSA) is 64.2 Å². The molecule has 0 N–H and O–H groups in total. The number of rotatable bonds is 6. The molecule has 0 spiro atoms. The zero-order valence-corrected chi connectivity index (χ0v) is 18.0. The molecule has 4 aromatic rings. The lowest BCUT2D eigenvalue weighted by Gasteiger charge is -2.22. The molecule has 1 aliphatic heterocycles. The predicted molar refractivity (Wildman–Crippen MR) is 121 cm³/mol. The van der Waals surface area contributed by atoms with Gasteiger partial charge in [-0.1, -0.05) is 60.3 Å². The first-order valence-electron chi connectivity index (χ1n) is 10.2. The van der Waals surface area contributed by atoms with E-state index in [2.05, 4.69) is 35.3 Å². The maximum atomic E-state index is 13.1. The Labute approximate surface area is 184 Å². The van der Waals surface area contributed by atoms with Crippen LogP contribution >= 0.6 is 11.8 Å².